The summed E-state index contributed by atoms with van der Waals surface area (Å²) in [5, 5.41) is 4.60. The van der Waals surface area contributed by atoms with Crippen molar-refractivity contribution < 1.29 is 0 Å². The fourth-order valence-electron chi connectivity index (χ4n) is 2.50. The quantitative estimate of drug-likeness (QED) is 0.833. The second kappa shape index (κ2) is 7.09. The molecule has 3 N–H and O–H groups in total. The van der Waals surface area contributed by atoms with Crippen LogP contribution in [-0.4, -0.2) is 35.6 Å². The molecule has 1 heterocycles. The smallest absolute Gasteiger partial charge is 0.0743 e. The molecule has 0 aliphatic rings. The number of likely N-dealkylation sites (N-methyl/N-ethyl adjacent to an activating group) is 1. The van der Waals surface area contributed by atoms with E-state index < -0.39 is 0 Å². The van der Waals surface area contributed by atoms with Gasteiger partial charge in [0.15, 0.2) is 0 Å². The Balaban J connectivity index is 2.28. The summed E-state index contributed by atoms with van der Waals surface area (Å²) in [4.78, 5) is 6.78. The van der Waals surface area contributed by atoms with Crippen molar-refractivity contribution >= 4 is 38.2 Å². The van der Waals surface area contributed by atoms with Crippen LogP contribution in [0, 0.1) is 0 Å². The van der Waals surface area contributed by atoms with E-state index in [-0.39, 0.29) is 0 Å². The lowest BCUT2D eigenvalue weighted by Gasteiger charge is -2.25. The van der Waals surface area contributed by atoms with Gasteiger partial charge >= 0.3 is 0 Å². The molecule has 0 spiro atoms. The zero-order chi connectivity index (χ0) is 15.4. The van der Waals surface area contributed by atoms with Crippen molar-refractivity contribution in [3.8, 4) is 0 Å². The topological polar surface area (TPSA) is 54.2 Å². The molecule has 0 fully saturated rings. The van der Waals surface area contributed by atoms with Gasteiger partial charge in [0.2, 0.25) is 0 Å². The lowest BCUT2D eigenvalue weighted by Crippen LogP contribution is -2.35. The minimum atomic E-state index is 0.316. The Kier molecular flexibility index (Phi) is 5.42. The Morgan fingerprint density at radius 3 is 2.71 bits per heavy atom. The lowest BCUT2D eigenvalue weighted by molar-refractivity contribution is 0.295. The van der Waals surface area contributed by atoms with Gasteiger partial charge in [-0.2, -0.15) is 0 Å². The van der Waals surface area contributed by atoms with Crippen LogP contribution in [0.3, 0.4) is 0 Å². The molecule has 2 aromatic rings. The first kappa shape index (κ1) is 16.0. The van der Waals surface area contributed by atoms with E-state index >= 15 is 0 Å². The number of nitrogens with one attached hydrogen (secondary N) is 1. The first-order valence-corrected chi connectivity index (χ1v) is 8.17. The number of nitrogen functional groups attached to an aromatic ring is 1. The third kappa shape index (κ3) is 3.86. The Bertz CT molecular complexity index is 605. The molecule has 0 radical (unpaired) electrons. The molecular weight excluding hydrogens is 328 g/mol. The molecule has 0 amide bonds. The molecule has 1 aromatic carbocycles. The minimum absolute atomic E-state index is 0.316. The number of aromatic nitrogens is 1. The monoisotopic (exact) mass is 350 g/mol. The first-order chi connectivity index (χ1) is 10.0. The maximum atomic E-state index is 6.13. The molecule has 0 aliphatic heterocycles. The van der Waals surface area contributed by atoms with E-state index in [1.54, 1.807) is 6.20 Å². The summed E-state index contributed by atoms with van der Waals surface area (Å²) in [5.74, 6) is 0. The zero-order valence-corrected chi connectivity index (χ0v) is 14.4. The molecule has 0 saturated carbocycles. The standard InChI is InChI=1S/C16H23BrN4/c1-4-21(5-2)10-11(3)20-16-13-8-12(17)6-7-15(13)19-9-14(16)18/h6-9,11H,4-5,10,18H2,1-3H3,(H,19,20). The normalized spacial score (nSPS) is 12.8. The van der Waals surface area contributed by atoms with Gasteiger partial charge in [0.25, 0.3) is 0 Å². The average molecular weight is 351 g/mol. The highest BCUT2D eigenvalue weighted by Crippen LogP contribution is 2.30. The summed E-state index contributed by atoms with van der Waals surface area (Å²) in [5.41, 5.74) is 8.74. The summed E-state index contributed by atoms with van der Waals surface area (Å²) < 4.78 is 1.03. The van der Waals surface area contributed by atoms with Crippen molar-refractivity contribution in [2.45, 2.75) is 26.8 Å². The van der Waals surface area contributed by atoms with Crippen LogP contribution in [0.25, 0.3) is 10.9 Å². The maximum absolute atomic E-state index is 6.13. The van der Waals surface area contributed by atoms with Gasteiger partial charge in [0.05, 0.1) is 23.1 Å². The van der Waals surface area contributed by atoms with Crippen LogP contribution < -0.4 is 11.1 Å². The molecule has 1 aromatic heterocycles. The van der Waals surface area contributed by atoms with Crippen LogP contribution in [0.2, 0.25) is 0 Å². The molecule has 114 valence electrons. The second-order valence-electron chi connectivity index (χ2n) is 5.28. The summed E-state index contributed by atoms with van der Waals surface area (Å²) in [6.45, 7) is 9.65. The highest BCUT2D eigenvalue weighted by molar-refractivity contribution is 9.10. The number of benzene rings is 1. The molecule has 0 saturated heterocycles. The van der Waals surface area contributed by atoms with Crippen molar-refractivity contribution in [1.82, 2.24) is 9.88 Å². The van der Waals surface area contributed by atoms with Crippen LogP contribution >= 0.6 is 15.9 Å². The summed E-state index contributed by atoms with van der Waals surface area (Å²) in [7, 11) is 0. The minimum Gasteiger partial charge on any atom is -0.396 e. The van der Waals surface area contributed by atoms with Crippen molar-refractivity contribution in [2.24, 2.45) is 0 Å². The SMILES string of the molecule is CCN(CC)CC(C)Nc1c(N)cnc2ccc(Br)cc12. The fraction of sp³-hybridized carbons (Fsp3) is 0.438. The van der Waals surface area contributed by atoms with E-state index in [4.69, 9.17) is 5.73 Å². The molecular formula is C16H23BrN4. The van der Waals surface area contributed by atoms with Crippen molar-refractivity contribution in [1.29, 1.82) is 0 Å². The Labute approximate surface area is 134 Å². The van der Waals surface area contributed by atoms with Gasteiger partial charge in [-0.3, -0.25) is 4.98 Å². The van der Waals surface area contributed by atoms with E-state index in [0.717, 1.165) is 40.7 Å². The Hall–Kier alpha value is -1.33. The fourth-order valence-corrected chi connectivity index (χ4v) is 2.86. The van der Waals surface area contributed by atoms with Gasteiger partial charge in [-0.15, -0.1) is 0 Å². The van der Waals surface area contributed by atoms with Gasteiger partial charge < -0.3 is 16.0 Å². The number of nitrogens with two attached hydrogens (primary N) is 1. The number of pyridine rings is 1. The zero-order valence-electron chi connectivity index (χ0n) is 12.9. The molecule has 0 bridgehead atoms. The lowest BCUT2D eigenvalue weighted by atomic mass is 10.1. The van der Waals surface area contributed by atoms with Crippen molar-refractivity contribution in [2.75, 3.05) is 30.7 Å². The Morgan fingerprint density at radius 1 is 1.33 bits per heavy atom. The molecule has 1 unspecified atom stereocenters. The van der Waals surface area contributed by atoms with Crippen LogP contribution in [0.15, 0.2) is 28.9 Å². The molecule has 21 heavy (non-hydrogen) atoms. The van der Waals surface area contributed by atoms with E-state index in [9.17, 15) is 0 Å². The van der Waals surface area contributed by atoms with Gasteiger partial charge in [-0.25, -0.2) is 0 Å². The summed E-state index contributed by atoms with van der Waals surface area (Å²) in [6.07, 6.45) is 1.72. The van der Waals surface area contributed by atoms with E-state index in [0.29, 0.717) is 11.7 Å². The summed E-state index contributed by atoms with van der Waals surface area (Å²) >= 11 is 3.52. The summed E-state index contributed by atoms with van der Waals surface area (Å²) in [6, 6.07) is 6.37. The van der Waals surface area contributed by atoms with Crippen molar-refractivity contribution in [3.63, 3.8) is 0 Å². The van der Waals surface area contributed by atoms with Crippen LogP contribution in [0.5, 0.6) is 0 Å². The van der Waals surface area contributed by atoms with Crippen LogP contribution in [0.1, 0.15) is 20.8 Å². The largest absolute Gasteiger partial charge is 0.396 e. The molecule has 0 aliphatic carbocycles. The predicted octanol–water partition coefficient (Wildman–Crippen LogP) is 3.72. The number of hydrogen-bond acceptors (Lipinski definition) is 4. The molecule has 1 atom stereocenters. The second-order valence-corrected chi connectivity index (χ2v) is 6.20. The van der Waals surface area contributed by atoms with Gasteiger partial charge in [0.1, 0.15) is 0 Å². The third-order valence-corrected chi connectivity index (χ3v) is 4.17. The number of hydrogen-bond donors (Lipinski definition) is 2. The maximum Gasteiger partial charge on any atom is 0.0743 e. The average Bonchev–Trinajstić information content (AvgIpc) is 2.48. The van der Waals surface area contributed by atoms with E-state index in [2.05, 4.69) is 58.0 Å². The number of rotatable bonds is 6. The number of nitrogens with zero attached hydrogens (tertiary/aromatic N) is 2. The number of anilines is 2. The van der Waals surface area contributed by atoms with Crippen LogP contribution in [-0.2, 0) is 0 Å². The molecule has 4 nitrogen and oxygen atoms in total. The van der Waals surface area contributed by atoms with E-state index in [1.165, 1.54) is 0 Å². The van der Waals surface area contributed by atoms with Crippen molar-refractivity contribution in [3.05, 3.63) is 28.9 Å². The van der Waals surface area contributed by atoms with E-state index in [1.807, 2.05) is 12.1 Å². The van der Waals surface area contributed by atoms with Gasteiger partial charge in [0, 0.05) is 22.4 Å². The Morgan fingerprint density at radius 2 is 2.05 bits per heavy atom. The third-order valence-electron chi connectivity index (χ3n) is 3.68. The molecule has 5 heteroatoms. The van der Waals surface area contributed by atoms with Crippen LogP contribution in [0.4, 0.5) is 11.4 Å². The first-order valence-electron chi connectivity index (χ1n) is 7.37. The predicted molar refractivity (Wildman–Crippen MR) is 94.7 cm³/mol. The van der Waals surface area contributed by atoms with Gasteiger partial charge in [-0.1, -0.05) is 29.8 Å². The highest BCUT2D eigenvalue weighted by Gasteiger charge is 2.12. The molecule has 2 rings (SSSR count). The number of fused-ring (bicyclic) bond motifs is 1. The number of halogens is 1. The van der Waals surface area contributed by atoms with Gasteiger partial charge in [-0.05, 0) is 38.2 Å². The highest BCUT2D eigenvalue weighted by atomic mass is 79.9.